The van der Waals surface area contributed by atoms with Gasteiger partial charge >= 0.3 is 0 Å². The van der Waals surface area contributed by atoms with Crippen LogP contribution in [0.1, 0.15) is 37.3 Å². The Morgan fingerprint density at radius 1 is 1.00 bits per heavy atom. The largest absolute Gasteiger partial charge is 0.325 e. The van der Waals surface area contributed by atoms with E-state index in [2.05, 4.69) is 23.9 Å². The lowest BCUT2D eigenvalue weighted by Gasteiger charge is -2.09. The zero-order valence-corrected chi connectivity index (χ0v) is 16.1. The zero-order chi connectivity index (χ0) is 19.0. The van der Waals surface area contributed by atoms with Gasteiger partial charge in [0.1, 0.15) is 0 Å². The summed E-state index contributed by atoms with van der Waals surface area (Å²) in [4.78, 5) is 11.9. The minimum Gasteiger partial charge on any atom is -0.325 e. The van der Waals surface area contributed by atoms with E-state index < -0.39 is 10.0 Å². The number of carbonyl (C=O) groups excluding carboxylic acids is 1. The SMILES string of the molecule is CC(C)c1ccc(NC(=O)CNS(=O)(=O)CCCc2ccccc2)cc1. The fourth-order valence-corrected chi connectivity index (χ4v) is 3.53. The van der Waals surface area contributed by atoms with Gasteiger partial charge in [0.2, 0.25) is 15.9 Å². The first-order chi connectivity index (χ1) is 12.4. The van der Waals surface area contributed by atoms with Crippen LogP contribution in [-0.4, -0.2) is 26.6 Å². The lowest BCUT2D eigenvalue weighted by Crippen LogP contribution is -2.34. The monoisotopic (exact) mass is 374 g/mol. The molecule has 0 aromatic heterocycles. The van der Waals surface area contributed by atoms with Gasteiger partial charge in [-0.1, -0.05) is 56.3 Å². The Labute approximate surface area is 155 Å². The zero-order valence-electron chi connectivity index (χ0n) is 15.2. The quantitative estimate of drug-likeness (QED) is 0.707. The van der Waals surface area contributed by atoms with Crippen LogP contribution in [0.3, 0.4) is 0 Å². The molecule has 0 fully saturated rings. The van der Waals surface area contributed by atoms with Gasteiger partial charge in [0.05, 0.1) is 12.3 Å². The Bertz CT molecular complexity index is 801. The van der Waals surface area contributed by atoms with Gasteiger partial charge in [-0.3, -0.25) is 4.79 Å². The van der Waals surface area contributed by atoms with Crippen molar-refractivity contribution in [1.82, 2.24) is 4.72 Å². The van der Waals surface area contributed by atoms with Crippen molar-refractivity contribution < 1.29 is 13.2 Å². The van der Waals surface area contributed by atoms with E-state index in [1.54, 1.807) is 0 Å². The molecule has 26 heavy (non-hydrogen) atoms. The molecule has 0 aliphatic heterocycles. The van der Waals surface area contributed by atoms with Crippen LogP contribution in [0.5, 0.6) is 0 Å². The lowest BCUT2D eigenvalue weighted by molar-refractivity contribution is -0.115. The number of anilines is 1. The minimum atomic E-state index is -3.47. The number of rotatable bonds is 9. The van der Waals surface area contributed by atoms with Gasteiger partial charge in [-0.05, 0) is 42.0 Å². The van der Waals surface area contributed by atoms with Crippen molar-refractivity contribution in [2.24, 2.45) is 0 Å². The number of amides is 1. The average Bonchev–Trinajstić information content (AvgIpc) is 2.61. The molecule has 2 N–H and O–H groups in total. The number of carbonyl (C=O) groups is 1. The van der Waals surface area contributed by atoms with Crippen LogP contribution in [0.4, 0.5) is 5.69 Å². The van der Waals surface area contributed by atoms with Crippen molar-refractivity contribution in [3.63, 3.8) is 0 Å². The molecule has 0 radical (unpaired) electrons. The predicted octanol–water partition coefficient (Wildman–Crippen LogP) is 3.30. The molecule has 6 heteroatoms. The van der Waals surface area contributed by atoms with Gasteiger partial charge in [0.25, 0.3) is 0 Å². The molecular weight excluding hydrogens is 348 g/mol. The van der Waals surface area contributed by atoms with Crippen molar-refractivity contribution in [3.8, 4) is 0 Å². The molecule has 2 aromatic carbocycles. The molecule has 0 atom stereocenters. The minimum absolute atomic E-state index is 0.00173. The fraction of sp³-hybridized carbons (Fsp3) is 0.350. The van der Waals surface area contributed by atoms with Crippen molar-refractivity contribution in [2.45, 2.75) is 32.6 Å². The molecule has 140 valence electrons. The smallest absolute Gasteiger partial charge is 0.239 e. The van der Waals surface area contributed by atoms with Gasteiger partial charge < -0.3 is 5.32 Å². The van der Waals surface area contributed by atoms with Gasteiger partial charge in [-0.2, -0.15) is 0 Å². The number of nitrogens with one attached hydrogen (secondary N) is 2. The van der Waals surface area contributed by atoms with E-state index in [0.29, 0.717) is 24.4 Å². The van der Waals surface area contributed by atoms with E-state index in [9.17, 15) is 13.2 Å². The van der Waals surface area contributed by atoms with Crippen LogP contribution in [0.2, 0.25) is 0 Å². The average molecular weight is 375 g/mol. The second kappa shape index (κ2) is 9.50. The summed E-state index contributed by atoms with van der Waals surface area (Å²) in [6.07, 6.45) is 1.20. The van der Waals surface area contributed by atoms with Crippen LogP contribution in [0, 0.1) is 0 Å². The summed E-state index contributed by atoms with van der Waals surface area (Å²) in [6, 6.07) is 17.3. The normalized spacial score (nSPS) is 11.5. The number of hydrogen-bond donors (Lipinski definition) is 2. The predicted molar refractivity (Wildman–Crippen MR) is 106 cm³/mol. The van der Waals surface area contributed by atoms with E-state index in [-0.39, 0.29) is 18.2 Å². The van der Waals surface area contributed by atoms with Crippen LogP contribution < -0.4 is 10.0 Å². The maximum absolute atomic E-state index is 12.0. The van der Waals surface area contributed by atoms with Gasteiger partial charge in [0.15, 0.2) is 0 Å². The first-order valence-corrected chi connectivity index (χ1v) is 10.4. The molecular formula is C20H26N2O3S. The van der Waals surface area contributed by atoms with Crippen molar-refractivity contribution in [3.05, 3.63) is 65.7 Å². The van der Waals surface area contributed by atoms with E-state index in [1.165, 1.54) is 5.56 Å². The molecule has 0 unspecified atom stereocenters. The van der Waals surface area contributed by atoms with Crippen LogP contribution in [-0.2, 0) is 21.2 Å². The van der Waals surface area contributed by atoms with Crippen LogP contribution in [0.25, 0.3) is 0 Å². The summed E-state index contributed by atoms with van der Waals surface area (Å²) in [5, 5.41) is 2.70. The van der Waals surface area contributed by atoms with Crippen LogP contribution >= 0.6 is 0 Å². The Morgan fingerprint density at radius 3 is 2.27 bits per heavy atom. The molecule has 0 saturated heterocycles. The Hall–Kier alpha value is -2.18. The highest BCUT2D eigenvalue weighted by Crippen LogP contribution is 2.16. The first kappa shape index (κ1) is 20.1. The topological polar surface area (TPSA) is 75.3 Å². The summed E-state index contributed by atoms with van der Waals surface area (Å²) < 4.78 is 26.4. The molecule has 2 rings (SSSR count). The van der Waals surface area contributed by atoms with Crippen LogP contribution in [0.15, 0.2) is 54.6 Å². The third-order valence-corrected chi connectivity index (χ3v) is 5.45. The molecule has 1 amide bonds. The molecule has 5 nitrogen and oxygen atoms in total. The standard InChI is InChI=1S/C20H26N2O3S/c1-16(2)18-10-12-19(13-11-18)22-20(23)15-21-26(24,25)14-6-9-17-7-4-3-5-8-17/h3-5,7-8,10-13,16,21H,6,9,14-15H2,1-2H3,(H,22,23). The van der Waals surface area contributed by atoms with E-state index >= 15 is 0 Å². The number of aryl methyl sites for hydroxylation is 1. The molecule has 0 bridgehead atoms. The maximum atomic E-state index is 12.0. The second-order valence-corrected chi connectivity index (χ2v) is 8.48. The molecule has 0 saturated carbocycles. The van der Waals surface area contributed by atoms with Crippen molar-refractivity contribution in [1.29, 1.82) is 0 Å². The van der Waals surface area contributed by atoms with Crippen molar-refractivity contribution >= 4 is 21.6 Å². The summed E-state index contributed by atoms with van der Waals surface area (Å²) in [5.41, 5.74) is 2.94. The first-order valence-electron chi connectivity index (χ1n) is 8.77. The number of hydrogen-bond acceptors (Lipinski definition) is 3. The summed E-state index contributed by atoms with van der Waals surface area (Å²) >= 11 is 0. The Morgan fingerprint density at radius 2 is 1.65 bits per heavy atom. The van der Waals surface area contributed by atoms with Crippen molar-refractivity contribution in [2.75, 3.05) is 17.6 Å². The Balaban J connectivity index is 1.74. The highest BCUT2D eigenvalue weighted by atomic mass is 32.2. The molecule has 2 aromatic rings. The van der Waals surface area contributed by atoms with Gasteiger partial charge in [-0.15, -0.1) is 0 Å². The lowest BCUT2D eigenvalue weighted by atomic mass is 10.0. The molecule has 0 heterocycles. The molecule has 0 aliphatic rings. The fourth-order valence-electron chi connectivity index (χ4n) is 2.52. The van der Waals surface area contributed by atoms with E-state index in [4.69, 9.17) is 0 Å². The summed E-state index contributed by atoms with van der Waals surface area (Å²) in [5.74, 6) is 0.0366. The highest BCUT2D eigenvalue weighted by Gasteiger charge is 2.12. The van der Waals surface area contributed by atoms with E-state index in [1.807, 2.05) is 54.6 Å². The van der Waals surface area contributed by atoms with Gasteiger partial charge in [-0.25, -0.2) is 13.1 Å². The van der Waals surface area contributed by atoms with Gasteiger partial charge in [0, 0.05) is 5.69 Å². The molecule has 0 spiro atoms. The third kappa shape index (κ3) is 6.98. The highest BCUT2D eigenvalue weighted by molar-refractivity contribution is 7.89. The maximum Gasteiger partial charge on any atom is 0.239 e. The number of benzene rings is 2. The summed E-state index contributed by atoms with van der Waals surface area (Å²) in [7, 11) is -3.47. The number of sulfonamides is 1. The third-order valence-electron chi connectivity index (χ3n) is 4.04. The summed E-state index contributed by atoms with van der Waals surface area (Å²) in [6.45, 7) is 3.93. The second-order valence-electron chi connectivity index (χ2n) is 6.55. The molecule has 0 aliphatic carbocycles. The Kier molecular flexibility index (Phi) is 7.36. The van der Waals surface area contributed by atoms with E-state index in [0.717, 1.165) is 5.56 Å².